The second-order valence-electron chi connectivity index (χ2n) is 4.30. The first kappa shape index (κ1) is 15.0. The van der Waals surface area contributed by atoms with Gasteiger partial charge in [-0.1, -0.05) is 19.1 Å². The maximum Gasteiger partial charge on any atom is 0.390 e. The largest absolute Gasteiger partial charge is 0.390 e. The zero-order valence-electron chi connectivity index (χ0n) is 10.2. The van der Waals surface area contributed by atoms with E-state index < -0.39 is 18.6 Å². The van der Waals surface area contributed by atoms with E-state index in [0.29, 0.717) is 12.1 Å². The van der Waals surface area contributed by atoms with Crippen molar-refractivity contribution >= 4 is 0 Å². The predicted molar refractivity (Wildman–Crippen MR) is 62.9 cm³/mol. The quantitative estimate of drug-likeness (QED) is 0.772. The molecule has 0 aromatic heterocycles. The first-order valence-corrected chi connectivity index (χ1v) is 5.95. The van der Waals surface area contributed by atoms with Crippen LogP contribution in [0.4, 0.5) is 17.6 Å². The molecule has 0 bridgehead atoms. The molecule has 0 amide bonds. The van der Waals surface area contributed by atoms with E-state index in [0.717, 1.165) is 6.42 Å². The Kier molecular flexibility index (Phi) is 5.59. The van der Waals surface area contributed by atoms with Gasteiger partial charge in [-0.2, -0.15) is 13.2 Å². The second kappa shape index (κ2) is 6.73. The average Bonchev–Trinajstić information content (AvgIpc) is 2.27. The lowest BCUT2D eigenvalue weighted by atomic mass is 10.0. The first-order chi connectivity index (χ1) is 8.40. The number of alkyl halides is 3. The highest BCUT2D eigenvalue weighted by Crippen LogP contribution is 2.23. The molecule has 1 nitrogen and oxygen atoms in total. The molecule has 5 heteroatoms. The fourth-order valence-electron chi connectivity index (χ4n) is 1.75. The van der Waals surface area contributed by atoms with Gasteiger partial charge >= 0.3 is 6.18 Å². The van der Waals surface area contributed by atoms with Crippen molar-refractivity contribution in [1.82, 2.24) is 5.32 Å². The molecule has 0 saturated heterocycles. The van der Waals surface area contributed by atoms with Crippen LogP contribution in [0, 0.1) is 5.82 Å². The van der Waals surface area contributed by atoms with Gasteiger partial charge in [0, 0.05) is 6.04 Å². The molecular formula is C13H17F4N. The number of nitrogens with one attached hydrogen (secondary N) is 1. The van der Waals surface area contributed by atoms with Crippen LogP contribution in [-0.4, -0.2) is 18.8 Å². The van der Waals surface area contributed by atoms with Crippen LogP contribution < -0.4 is 5.32 Å². The summed E-state index contributed by atoms with van der Waals surface area (Å²) < 4.78 is 49.9. The SMILES string of the molecule is CCCNC(Cc1ccc(F)cc1)CC(F)(F)F. The summed E-state index contributed by atoms with van der Waals surface area (Å²) in [6.45, 7) is 2.44. The van der Waals surface area contributed by atoms with Gasteiger partial charge < -0.3 is 5.32 Å². The molecule has 1 N–H and O–H groups in total. The number of hydrogen-bond donors (Lipinski definition) is 1. The van der Waals surface area contributed by atoms with Crippen molar-refractivity contribution in [3.05, 3.63) is 35.6 Å². The number of rotatable bonds is 6. The Labute approximate surface area is 104 Å². The zero-order valence-corrected chi connectivity index (χ0v) is 10.2. The molecule has 1 aromatic carbocycles. The maximum absolute atomic E-state index is 12.7. The third-order valence-electron chi connectivity index (χ3n) is 2.56. The van der Waals surface area contributed by atoms with Gasteiger partial charge in [-0.25, -0.2) is 4.39 Å². The Bertz CT molecular complexity index is 345. The molecule has 102 valence electrons. The maximum atomic E-state index is 12.7. The third kappa shape index (κ3) is 6.00. The molecule has 0 heterocycles. The average molecular weight is 263 g/mol. The van der Waals surface area contributed by atoms with Crippen molar-refractivity contribution in [2.24, 2.45) is 0 Å². The molecule has 1 rings (SSSR count). The molecule has 0 fully saturated rings. The van der Waals surface area contributed by atoms with Gasteiger partial charge in [-0.3, -0.25) is 0 Å². The monoisotopic (exact) mass is 263 g/mol. The van der Waals surface area contributed by atoms with Crippen LogP contribution in [0.3, 0.4) is 0 Å². The van der Waals surface area contributed by atoms with E-state index in [-0.39, 0.29) is 12.2 Å². The molecule has 1 atom stereocenters. The summed E-state index contributed by atoms with van der Waals surface area (Å²) in [4.78, 5) is 0. The number of benzene rings is 1. The molecule has 0 aliphatic heterocycles. The minimum absolute atomic E-state index is 0.250. The molecule has 0 radical (unpaired) electrons. The molecular weight excluding hydrogens is 246 g/mol. The second-order valence-corrected chi connectivity index (χ2v) is 4.30. The van der Waals surface area contributed by atoms with E-state index in [1.54, 1.807) is 0 Å². The van der Waals surface area contributed by atoms with Crippen LogP contribution in [-0.2, 0) is 6.42 Å². The van der Waals surface area contributed by atoms with Crippen molar-refractivity contribution in [3.63, 3.8) is 0 Å². The fraction of sp³-hybridized carbons (Fsp3) is 0.538. The summed E-state index contributed by atoms with van der Waals surface area (Å²) >= 11 is 0. The fourth-order valence-corrected chi connectivity index (χ4v) is 1.75. The standard InChI is InChI=1S/C13H17F4N/c1-2-7-18-12(9-13(15,16)17)8-10-3-5-11(14)6-4-10/h3-6,12,18H,2,7-9H2,1H3. The van der Waals surface area contributed by atoms with Gasteiger partial charge in [0.15, 0.2) is 0 Å². The Hall–Kier alpha value is -1.10. The molecule has 1 unspecified atom stereocenters. The molecule has 18 heavy (non-hydrogen) atoms. The van der Waals surface area contributed by atoms with Crippen molar-refractivity contribution in [2.75, 3.05) is 6.54 Å². The van der Waals surface area contributed by atoms with Gasteiger partial charge in [0.25, 0.3) is 0 Å². The topological polar surface area (TPSA) is 12.0 Å². The Morgan fingerprint density at radius 1 is 1.17 bits per heavy atom. The summed E-state index contributed by atoms with van der Waals surface area (Å²) in [6, 6.07) is 4.91. The van der Waals surface area contributed by atoms with E-state index in [4.69, 9.17) is 0 Å². The summed E-state index contributed by atoms with van der Waals surface area (Å²) in [5.41, 5.74) is 0.703. The Morgan fingerprint density at radius 2 is 1.78 bits per heavy atom. The summed E-state index contributed by atoms with van der Waals surface area (Å²) in [7, 11) is 0. The highest BCUT2D eigenvalue weighted by molar-refractivity contribution is 5.17. The predicted octanol–water partition coefficient (Wildman–Crippen LogP) is 3.69. The zero-order chi connectivity index (χ0) is 13.6. The van der Waals surface area contributed by atoms with Crippen LogP contribution in [0.5, 0.6) is 0 Å². The van der Waals surface area contributed by atoms with Crippen LogP contribution in [0.2, 0.25) is 0 Å². The van der Waals surface area contributed by atoms with Gasteiger partial charge in [0.05, 0.1) is 6.42 Å². The van der Waals surface area contributed by atoms with E-state index in [2.05, 4.69) is 5.32 Å². The van der Waals surface area contributed by atoms with E-state index in [9.17, 15) is 17.6 Å². The molecule has 0 spiro atoms. The van der Waals surface area contributed by atoms with Crippen molar-refractivity contribution in [1.29, 1.82) is 0 Å². The van der Waals surface area contributed by atoms with Gasteiger partial charge in [-0.15, -0.1) is 0 Å². The molecule has 0 aliphatic rings. The van der Waals surface area contributed by atoms with Crippen LogP contribution in [0.15, 0.2) is 24.3 Å². The highest BCUT2D eigenvalue weighted by atomic mass is 19.4. The number of hydrogen-bond acceptors (Lipinski definition) is 1. The highest BCUT2D eigenvalue weighted by Gasteiger charge is 2.31. The normalized spacial score (nSPS) is 13.6. The minimum Gasteiger partial charge on any atom is -0.313 e. The van der Waals surface area contributed by atoms with E-state index in [1.807, 2.05) is 6.92 Å². The minimum atomic E-state index is -4.19. The Morgan fingerprint density at radius 3 is 2.28 bits per heavy atom. The summed E-state index contributed by atoms with van der Waals surface area (Å²) in [5.74, 6) is -0.382. The summed E-state index contributed by atoms with van der Waals surface area (Å²) in [6.07, 6.45) is -4.03. The van der Waals surface area contributed by atoms with E-state index in [1.165, 1.54) is 24.3 Å². The van der Waals surface area contributed by atoms with Gasteiger partial charge in [0.1, 0.15) is 5.82 Å². The molecule has 0 saturated carbocycles. The lowest BCUT2D eigenvalue weighted by Gasteiger charge is -2.20. The van der Waals surface area contributed by atoms with Crippen LogP contribution in [0.1, 0.15) is 25.3 Å². The lowest BCUT2D eigenvalue weighted by molar-refractivity contribution is -0.139. The van der Waals surface area contributed by atoms with Gasteiger partial charge in [-0.05, 0) is 37.1 Å². The van der Waals surface area contributed by atoms with Crippen molar-refractivity contribution in [3.8, 4) is 0 Å². The first-order valence-electron chi connectivity index (χ1n) is 5.95. The van der Waals surface area contributed by atoms with Crippen molar-refractivity contribution in [2.45, 2.75) is 38.4 Å². The number of halogens is 4. The third-order valence-corrected chi connectivity index (χ3v) is 2.56. The smallest absolute Gasteiger partial charge is 0.313 e. The van der Waals surface area contributed by atoms with Gasteiger partial charge in [0.2, 0.25) is 0 Å². The van der Waals surface area contributed by atoms with E-state index >= 15 is 0 Å². The Balaban J connectivity index is 2.62. The molecule has 1 aromatic rings. The van der Waals surface area contributed by atoms with Crippen LogP contribution in [0.25, 0.3) is 0 Å². The summed E-state index contributed by atoms with van der Waals surface area (Å²) in [5, 5.41) is 2.88. The molecule has 0 aliphatic carbocycles. The van der Waals surface area contributed by atoms with Crippen molar-refractivity contribution < 1.29 is 17.6 Å². The van der Waals surface area contributed by atoms with Crippen LogP contribution >= 0.6 is 0 Å². The lowest BCUT2D eigenvalue weighted by Crippen LogP contribution is -2.36.